The van der Waals surface area contributed by atoms with Gasteiger partial charge in [-0.25, -0.2) is 4.99 Å². The molecule has 0 spiro atoms. The third-order valence-electron chi connectivity index (χ3n) is 4.96. The minimum atomic E-state index is -4.58. The van der Waals surface area contributed by atoms with Crippen molar-refractivity contribution in [2.75, 3.05) is 5.32 Å². The van der Waals surface area contributed by atoms with Crippen LogP contribution in [0, 0.1) is 6.92 Å². The second-order valence-corrected chi connectivity index (χ2v) is 7.46. The topological polar surface area (TPSA) is 111 Å². The summed E-state index contributed by atoms with van der Waals surface area (Å²) in [6, 6.07) is 0. The Morgan fingerprint density at radius 3 is 2.55 bits per heavy atom. The molecule has 29 heavy (non-hydrogen) atoms. The van der Waals surface area contributed by atoms with Crippen LogP contribution in [0.5, 0.6) is 0 Å². The summed E-state index contributed by atoms with van der Waals surface area (Å²) in [5.74, 6) is 0.811. The van der Waals surface area contributed by atoms with Gasteiger partial charge in [-0.3, -0.25) is 4.68 Å². The van der Waals surface area contributed by atoms with Crippen LogP contribution in [-0.2, 0) is 12.6 Å². The van der Waals surface area contributed by atoms with Crippen LogP contribution < -0.4 is 16.4 Å². The Labute approximate surface area is 165 Å². The monoisotopic (exact) mass is 411 g/mol. The van der Waals surface area contributed by atoms with Crippen LogP contribution >= 0.6 is 0 Å². The smallest absolute Gasteiger partial charge is 0.332 e. The third-order valence-corrected chi connectivity index (χ3v) is 4.96. The van der Waals surface area contributed by atoms with Crippen LogP contribution in [0.1, 0.15) is 38.7 Å². The normalized spacial score (nSPS) is 20.2. The van der Waals surface area contributed by atoms with E-state index in [0.29, 0.717) is 17.2 Å². The first kappa shape index (κ1) is 20.8. The lowest BCUT2D eigenvalue weighted by Crippen LogP contribution is -2.51. The third kappa shape index (κ3) is 3.71. The highest BCUT2D eigenvalue weighted by atomic mass is 19.4. The molecule has 0 radical (unpaired) electrons. The molecule has 2 aromatic heterocycles. The van der Waals surface area contributed by atoms with E-state index in [1.165, 1.54) is 0 Å². The van der Waals surface area contributed by atoms with Gasteiger partial charge in [0, 0.05) is 19.4 Å². The minimum absolute atomic E-state index is 0.0113. The fourth-order valence-electron chi connectivity index (χ4n) is 3.15. The van der Waals surface area contributed by atoms with Gasteiger partial charge in [0.05, 0.1) is 17.0 Å². The Kier molecular flexibility index (Phi) is 4.93. The molecule has 3 rings (SSSR count). The summed E-state index contributed by atoms with van der Waals surface area (Å²) in [6.07, 6.45) is -0.400. The van der Waals surface area contributed by atoms with Crippen LogP contribution in [0.15, 0.2) is 29.3 Å². The Morgan fingerprint density at radius 2 is 2.00 bits per heavy atom. The summed E-state index contributed by atoms with van der Waals surface area (Å²) in [5, 5.41) is 18.1. The Balaban J connectivity index is 1.88. The summed E-state index contributed by atoms with van der Waals surface area (Å²) in [4.78, 5) is 4.07. The molecule has 2 aromatic rings. The number of aliphatic imine (C=N–C) groups is 1. The van der Waals surface area contributed by atoms with Crippen molar-refractivity contribution in [3.63, 3.8) is 0 Å². The maximum absolute atomic E-state index is 13.2. The van der Waals surface area contributed by atoms with Gasteiger partial charge in [0.2, 0.25) is 5.96 Å². The zero-order valence-electron chi connectivity index (χ0n) is 16.8. The average molecular weight is 411 g/mol. The first-order valence-electron chi connectivity index (χ1n) is 9.00. The summed E-state index contributed by atoms with van der Waals surface area (Å²) in [7, 11) is 1.84. The molecule has 0 aliphatic carbocycles. The van der Waals surface area contributed by atoms with E-state index in [-0.39, 0.29) is 12.4 Å². The van der Waals surface area contributed by atoms with Crippen molar-refractivity contribution < 1.29 is 13.2 Å². The SMILES string of the molecule is CCC1(N)N=C(Nc2cn(C(C)(C)c3nncn3C)nc2C)NC=C1C(F)(F)F. The molecule has 0 saturated heterocycles. The van der Waals surface area contributed by atoms with E-state index in [4.69, 9.17) is 5.73 Å². The molecule has 9 nitrogen and oxygen atoms in total. The molecule has 1 unspecified atom stereocenters. The van der Waals surface area contributed by atoms with E-state index in [0.717, 1.165) is 6.20 Å². The molecule has 1 aliphatic rings. The van der Waals surface area contributed by atoms with Crippen molar-refractivity contribution in [1.29, 1.82) is 0 Å². The van der Waals surface area contributed by atoms with Crippen LogP contribution in [0.25, 0.3) is 0 Å². The molecule has 0 aromatic carbocycles. The van der Waals surface area contributed by atoms with E-state index < -0.39 is 23.0 Å². The van der Waals surface area contributed by atoms with Crippen molar-refractivity contribution in [2.24, 2.45) is 17.8 Å². The van der Waals surface area contributed by atoms with Gasteiger partial charge in [-0.2, -0.15) is 18.3 Å². The molecule has 0 fully saturated rings. The second kappa shape index (κ2) is 6.87. The number of aryl methyl sites for hydroxylation is 2. The van der Waals surface area contributed by atoms with E-state index >= 15 is 0 Å². The Morgan fingerprint density at radius 1 is 1.31 bits per heavy atom. The van der Waals surface area contributed by atoms with Gasteiger partial charge in [-0.15, -0.1) is 10.2 Å². The van der Waals surface area contributed by atoms with Gasteiger partial charge in [-0.1, -0.05) is 6.92 Å². The first-order chi connectivity index (χ1) is 13.4. The van der Waals surface area contributed by atoms with Crippen molar-refractivity contribution in [3.05, 3.63) is 35.8 Å². The molecule has 1 atom stereocenters. The van der Waals surface area contributed by atoms with Crippen LogP contribution in [0.3, 0.4) is 0 Å². The number of alkyl halides is 3. The van der Waals surface area contributed by atoms with Gasteiger partial charge in [0.1, 0.15) is 17.5 Å². The fourth-order valence-corrected chi connectivity index (χ4v) is 3.15. The predicted molar refractivity (Wildman–Crippen MR) is 102 cm³/mol. The quantitative estimate of drug-likeness (QED) is 0.710. The zero-order chi connectivity index (χ0) is 21.6. The lowest BCUT2D eigenvalue weighted by atomic mass is 9.97. The number of guanidine groups is 1. The van der Waals surface area contributed by atoms with Gasteiger partial charge in [0.25, 0.3) is 0 Å². The molecule has 12 heteroatoms. The van der Waals surface area contributed by atoms with Crippen molar-refractivity contribution >= 4 is 11.6 Å². The van der Waals surface area contributed by atoms with Crippen molar-refractivity contribution in [3.8, 4) is 0 Å². The molecule has 1 aliphatic heterocycles. The number of halogens is 3. The van der Waals surface area contributed by atoms with Gasteiger partial charge < -0.3 is 20.9 Å². The van der Waals surface area contributed by atoms with E-state index in [1.54, 1.807) is 35.6 Å². The first-order valence-corrected chi connectivity index (χ1v) is 9.00. The summed E-state index contributed by atoms with van der Waals surface area (Å²) in [5.41, 5.74) is 3.74. The second-order valence-electron chi connectivity index (χ2n) is 7.46. The summed E-state index contributed by atoms with van der Waals surface area (Å²) < 4.78 is 43.2. The standard InChI is InChI=1S/C17H24F3N9/c1-6-16(21)12(17(18,19)20)7-22-14(25-16)24-11-8-29(27-10(11)2)15(3,4)13-26-23-9-28(13)5/h7-9H,6,21H2,1-5H3,(H2,22,24,25). The fraction of sp³-hybridized carbons (Fsp3) is 0.529. The molecule has 3 heterocycles. The van der Waals surface area contributed by atoms with Gasteiger partial charge in [0.15, 0.2) is 5.82 Å². The highest BCUT2D eigenvalue weighted by molar-refractivity contribution is 5.95. The highest BCUT2D eigenvalue weighted by Gasteiger charge is 2.47. The van der Waals surface area contributed by atoms with E-state index in [1.807, 2.05) is 20.9 Å². The number of hydrogen-bond donors (Lipinski definition) is 3. The van der Waals surface area contributed by atoms with Crippen LogP contribution in [-0.4, -0.2) is 42.3 Å². The summed E-state index contributed by atoms with van der Waals surface area (Å²) in [6.45, 7) is 7.20. The maximum Gasteiger partial charge on any atom is 0.417 e. The lowest BCUT2D eigenvalue weighted by Gasteiger charge is -2.32. The summed E-state index contributed by atoms with van der Waals surface area (Å²) >= 11 is 0. The van der Waals surface area contributed by atoms with Crippen molar-refractivity contribution in [2.45, 2.75) is 51.5 Å². The minimum Gasteiger partial charge on any atom is -0.332 e. The van der Waals surface area contributed by atoms with Crippen molar-refractivity contribution in [1.82, 2.24) is 29.9 Å². The number of hydrogen-bond acceptors (Lipinski definition) is 7. The number of aromatic nitrogens is 5. The number of anilines is 1. The molecule has 4 N–H and O–H groups in total. The molecule has 0 bridgehead atoms. The van der Waals surface area contributed by atoms with E-state index in [9.17, 15) is 13.2 Å². The van der Waals surface area contributed by atoms with E-state index in [2.05, 4.69) is 30.9 Å². The number of nitrogens with two attached hydrogens (primary N) is 1. The zero-order valence-corrected chi connectivity index (χ0v) is 16.8. The largest absolute Gasteiger partial charge is 0.417 e. The molecular weight excluding hydrogens is 387 g/mol. The van der Waals surface area contributed by atoms with Crippen LogP contribution in [0.4, 0.5) is 18.9 Å². The van der Waals surface area contributed by atoms with Gasteiger partial charge >= 0.3 is 6.18 Å². The highest BCUT2D eigenvalue weighted by Crippen LogP contribution is 2.36. The number of nitrogens with zero attached hydrogens (tertiary/aromatic N) is 6. The Hall–Kier alpha value is -2.89. The number of nitrogens with one attached hydrogen (secondary N) is 2. The Bertz CT molecular complexity index is 967. The maximum atomic E-state index is 13.2. The van der Waals surface area contributed by atoms with Crippen LogP contribution in [0.2, 0.25) is 0 Å². The molecular formula is C17H24F3N9. The molecule has 158 valence electrons. The molecule has 0 saturated carbocycles. The van der Waals surface area contributed by atoms with Gasteiger partial charge in [-0.05, 0) is 27.2 Å². The average Bonchev–Trinajstić information content (AvgIpc) is 3.21. The molecule has 0 amide bonds. The predicted octanol–water partition coefficient (Wildman–Crippen LogP) is 1.99. The number of rotatable bonds is 4. The lowest BCUT2D eigenvalue weighted by molar-refractivity contribution is -0.101.